The van der Waals surface area contributed by atoms with E-state index in [0.717, 1.165) is 19.3 Å². The maximum absolute atomic E-state index is 10.5. The number of aliphatic imine (C=N–C) groups is 2. The summed E-state index contributed by atoms with van der Waals surface area (Å²) in [7, 11) is 0. The van der Waals surface area contributed by atoms with Crippen LogP contribution in [0.5, 0.6) is 0 Å². The lowest BCUT2D eigenvalue weighted by molar-refractivity contribution is 0.562. The van der Waals surface area contributed by atoms with Crippen molar-refractivity contribution >= 4 is 12.2 Å². The fraction of sp³-hybridized carbons (Fsp3) is 0.391. The minimum Gasteiger partial charge on any atom is -0.211 e. The topological polar surface area (TPSA) is 58.9 Å². The predicted molar refractivity (Wildman–Crippen MR) is 108 cm³/mol. The Labute approximate surface area is 161 Å². The van der Waals surface area contributed by atoms with Crippen LogP contribution in [-0.2, 0) is 41.7 Å². The highest BCUT2D eigenvalue weighted by molar-refractivity contribution is 5.49. The average Bonchev–Trinajstić information content (AvgIpc) is 2.70. The molecule has 0 N–H and O–H groups in total. The van der Waals surface area contributed by atoms with Gasteiger partial charge in [-0.25, -0.2) is 19.6 Å². The van der Waals surface area contributed by atoms with Crippen molar-refractivity contribution < 1.29 is 9.59 Å². The summed E-state index contributed by atoms with van der Waals surface area (Å²) in [5, 5.41) is 0. The van der Waals surface area contributed by atoms with Crippen molar-refractivity contribution in [3.63, 3.8) is 0 Å². The molecule has 4 nitrogen and oxygen atoms in total. The van der Waals surface area contributed by atoms with Crippen LogP contribution in [0.3, 0.4) is 0 Å². The Balaban J connectivity index is 2.54. The minimum atomic E-state index is 0.429. The van der Waals surface area contributed by atoms with Crippen LogP contribution < -0.4 is 0 Å². The van der Waals surface area contributed by atoms with Crippen molar-refractivity contribution in [3.8, 4) is 0 Å². The van der Waals surface area contributed by atoms with Gasteiger partial charge in [0.05, 0.1) is 13.1 Å². The molecule has 2 aromatic rings. The van der Waals surface area contributed by atoms with E-state index in [1.54, 1.807) is 12.2 Å². The van der Waals surface area contributed by atoms with Crippen molar-refractivity contribution in [2.75, 3.05) is 13.1 Å². The maximum Gasteiger partial charge on any atom is 0.234 e. The van der Waals surface area contributed by atoms with E-state index >= 15 is 0 Å². The van der Waals surface area contributed by atoms with E-state index < -0.39 is 0 Å². The lowest BCUT2D eigenvalue weighted by Crippen LogP contribution is -2.11. The number of isocyanates is 2. The van der Waals surface area contributed by atoms with E-state index in [1.807, 2.05) is 6.07 Å². The van der Waals surface area contributed by atoms with Crippen LogP contribution in [0.4, 0.5) is 0 Å². The Morgan fingerprint density at radius 3 is 1.96 bits per heavy atom. The highest BCUT2D eigenvalue weighted by atomic mass is 16.1. The van der Waals surface area contributed by atoms with Crippen molar-refractivity contribution in [2.24, 2.45) is 9.98 Å². The molecule has 0 aromatic heterocycles. The van der Waals surface area contributed by atoms with Crippen molar-refractivity contribution in [3.05, 3.63) is 69.8 Å². The number of nitrogens with zero attached hydrogens (tertiary/aromatic N) is 2. The lowest BCUT2D eigenvalue weighted by Gasteiger charge is -2.21. The predicted octanol–water partition coefficient (Wildman–Crippen LogP) is 4.16. The smallest absolute Gasteiger partial charge is 0.211 e. The number of aryl methyl sites for hydroxylation is 1. The molecule has 4 heteroatoms. The summed E-state index contributed by atoms with van der Waals surface area (Å²) < 4.78 is 0. The van der Waals surface area contributed by atoms with Crippen LogP contribution in [-0.4, -0.2) is 25.2 Å². The molecule has 27 heavy (non-hydrogen) atoms. The van der Waals surface area contributed by atoms with E-state index in [1.165, 1.54) is 33.4 Å². The van der Waals surface area contributed by atoms with Gasteiger partial charge in [-0.2, -0.15) is 0 Å². The Bertz CT molecular complexity index is 846. The fourth-order valence-electron chi connectivity index (χ4n) is 3.72. The van der Waals surface area contributed by atoms with Gasteiger partial charge < -0.3 is 0 Å². The first-order valence-electron chi connectivity index (χ1n) is 9.51. The first-order valence-corrected chi connectivity index (χ1v) is 9.51. The second-order valence-electron chi connectivity index (χ2n) is 6.45. The van der Waals surface area contributed by atoms with Gasteiger partial charge >= 0.3 is 0 Å². The molecule has 0 saturated heterocycles. The molecule has 0 bridgehead atoms. The second kappa shape index (κ2) is 11.0. The molecule has 0 spiro atoms. The zero-order valence-electron chi connectivity index (χ0n) is 16.1. The van der Waals surface area contributed by atoms with Crippen LogP contribution in [0.2, 0.25) is 0 Å². The summed E-state index contributed by atoms with van der Waals surface area (Å²) in [6, 6.07) is 12.8. The molecule has 140 valence electrons. The summed E-state index contributed by atoms with van der Waals surface area (Å²) in [6.45, 7) is 5.17. The fourth-order valence-corrected chi connectivity index (χ4v) is 3.72. The molecule has 0 fully saturated rings. The van der Waals surface area contributed by atoms with Gasteiger partial charge in [0.25, 0.3) is 0 Å². The second-order valence-corrected chi connectivity index (χ2v) is 6.45. The third kappa shape index (κ3) is 5.59. The van der Waals surface area contributed by atoms with Crippen LogP contribution >= 0.6 is 0 Å². The molecule has 0 aliphatic rings. The van der Waals surface area contributed by atoms with E-state index in [4.69, 9.17) is 0 Å². The SMILES string of the molecule is CCc1cc(Cc2ccccc2)c(CC)c(CCN=C=O)c1CCN=C=O. The summed E-state index contributed by atoms with van der Waals surface area (Å²) >= 11 is 0. The first-order chi connectivity index (χ1) is 13.2. The molecule has 0 amide bonds. The largest absolute Gasteiger partial charge is 0.234 e. The number of hydrogen-bond donors (Lipinski definition) is 0. The molecule has 2 aromatic carbocycles. The summed E-state index contributed by atoms with van der Waals surface area (Å²) in [6.07, 6.45) is 7.38. The third-order valence-electron chi connectivity index (χ3n) is 4.90. The van der Waals surface area contributed by atoms with Gasteiger partial charge in [-0.15, -0.1) is 0 Å². The third-order valence-corrected chi connectivity index (χ3v) is 4.90. The zero-order valence-corrected chi connectivity index (χ0v) is 16.1. The van der Waals surface area contributed by atoms with Gasteiger partial charge in [-0.05, 0) is 65.5 Å². The minimum absolute atomic E-state index is 0.429. The molecule has 0 atom stereocenters. The Kier molecular flexibility index (Phi) is 8.38. The van der Waals surface area contributed by atoms with Gasteiger partial charge in [-0.1, -0.05) is 50.2 Å². The van der Waals surface area contributed by atoms with Crippen LogP contribution in [0.1, 0.15) is 47.2 Å². The molecule has 0 aliphatic heterocycles. The standard InChI is InChI=1S/C23H26N2O2/c1-3-19-15-20(14-18-8-6-5-7-9-18)21(4-2)23(11-13-25-17-27)22(19)10-12-24-16-26/h5-9,15H,3-4,10-14H2,1-2H3. The van der Waals surface area contributed by atoms with Crippen molar-refractivity contribution in [1.82, 2.24) is 0 Å². The molecular weight excluding hydrogens is 336 g/mol. The number of benzene rings is 2. The zero-order chi connectivity index (χ0) is 19.5. The molecule has 0 radical (unpaired) electrons. The van der Waals surface area contributed by atoms with E-state index in [2.05, 4.69) is 54.2 Å². The summed E-state index contributed by atoms with van der Waals surface area (Å²) in [5.41, 5.74) is 7.71. The van der Waals surface area contributed by atoms with Crippen LogP contribution in [0, 0.1) is 0 Å². The van der Waals surface area contributed by atoms with Crippen LogP contribution in [0.25, 0.3) is 0 Å². The van der Waals surface area contributed by atoms with Crippen LogP contribution in [0.15, 0.2) is 46.4 Å². The molecule has 0 heterocycles. The molecule has 0 unspecified atom stereocenters. The lowest BCUT2D eigenvalue weighted by atomic mass is 9.84. The molecule has 0 saturated carbocycles. The van der Waals surface area contributed by atoms with Gasteiger partial charge in [0.1, 0.15) is 0 Å². The van der Waals surface area contributed by atoms with E-state index in [9.17, 15) is 9.59 Å². The Hall–Kier alpha value is -2.80. The normalized spacial score (nSPS) is 10.1. The molecular formula is C23H26N2O2. The number of carbonyl (C=O) groups excluding carboxylic acids is 2. The first kappa shape index (κ1) is 20.5. The van der Waals surface area contributed by atoms with Crippen molar-refractivity contribution in [2.45, 2.75) is 46.0 Å². The highest BCUT2D eigenvalue weighted by Crippen LogP contribution is 2.28. The monoisotopic (exact) mass is 362 g/mol. The van der Waals surface area contributed by atoms with E-state index in [0.29, 0.717) is 25.9 Å². The average molecular weight is 362 g/mol. The van der Waals surface area contributed by atoms with Crippen molar-refractivity contribution in [1.29, 1.82) is 0 Å². The molecule has 0 aliphatic carbocycles. The summed E-state index contributed by atoms with van der Waals surface area (Å²) in [5.74, 6) is 0. The van der Waals surface area contributed by atoms with Gasteiger partial charge in [0.2, 0.25) is 12.2 Å². The van der Waals surface area contributed by atoms with Gasteiger partial charge in [-0.3, -0.25) is 0 Å². The molecule has 2 rings (SSSR count). The summed E-state index contributed by atoms with van der Waals surface area (Å²) in [4.78, 5) is 28.5. The Morgan fingerprint density at radius 2 is 1.41 bits per heavy atom. The maximum atomic E-state index is 10.5. The van der Waals surface area contributed by atoms with Gasteiger partial charge in [0.15, 0.2) is 0 Å². The number of hydrogen-bond acceptors (Lipinski definition) is 4. The number of rotatable bonds is 10. The highest BCUT2D eigenvalue weighted by Gasteiger charge is 2.16. The quantitative estimate of drug-likeness (QED) is 0.471. The Morgan fingerprint density at radius 1 is 0.778 bits per heavy atom. The van der Waals surface area contributed by atoms with Gasteiger partial charge in [0, 0.05) is 0 Å². The van der Waals surface area contributed by atoms with E-state index in [-0.39, 0.29) is 0 Å².